The van der Waals surface area contributed by atoms with Crippen molar-refractivity contribution in [2.24, 2.45) is 5.41 Å². The maximum atomic E-state index is 12.4. The van der Waals surface area contributed by atoms with Crippen LogP contribution in [0.15, 0.2) is 54.6 Å². The van der Waals surface area contributed by atoms with E-state index in [0.717, 1.165) is 17.5 Å². The van der Waals surface area contributed by atoms with Gasteiger partial charge in [0, 0.05) is 11.1 Å². The summed E-state index contributed by atoms with van der Waals surface area (Å²) in [5.74, 6) is 0.0966. The van der Waals surface area contributed by atoms with Crippen LogP contribution >= 0.6 is 0 Å². The van der Waals surface area contributed by atoms with Gasteiger partial charge in [-0.1, -0.05) is 94.6 Å². The van der Waals surface area contributed by atoms with Crippen LogP contribution in [0, 0.1) is 5.41 Å². The molecule has 0 unspecified atom stereocenters. The predicted octanol–water partition coefficient (Wildman–Crippen LogP) is 6.07. The molecule has 122 valence electrons. The van der Waals surface area contributed by atoms with Gasteiger partial charge in [0.25, 0.3) is 0 Å². The molecule has 1 nitrogen and oxygen atoms in total. The predicted molar refractivity (Wildman–Crippen MR) is 97.9 cm³/mol. The molecule has 23 heavy (non-hydrogen) atoms. The zero-order chi connectivity index (χ0) is 16.7. The first kappa shape index (κ1) is 17.5. The van der Waals surface area contributed by atoms with Crippen LogP contribution in [-0.2, 0) is 6.42 Å². The van der Waals surface area contributed by atoms with Gasteiger partial charge in [0.2, 0.25) is 0 Å². The number of rotatable bonds is 8. The molecule has 1 heteroatoms. The van der Waals surface area contributed by atoms with Crippen molar-refractivity contribution >= 4 is 5.78 Å². The van der Waals surface area contributed by atoms with Gasteiger partial charge < -0.3 is 0 Å². The Kier molecular flexibility index (Phi) is 6.15. The van der Waals surface area contributed by atoms with Crippen LogP contribution in [0.3, 0.4) is 0 Å². The summed E-state index contributed by atoms with van der Waals surface area (Å²) in [6.07, 6.45) is 6.20. The summed E-state index contributed by atoms with van der Waals surface area (Å²) in [6, 6.07) is 17.6. The molecule has 0 bridgehead atoms. The maximum Gasteiger partial charge on any atom is 0.193 e. The van der Waals surface area contributed by atoms with Crippen molar-refractivity contribution in [1.82, 2.24) is 0 Å². The first-order valence-corrected chi connectivity index (χ1v) is 8.70. The molecule has 0 fully saturated rings. The van der Waals surface area contributed by atoms with E-state index in [2.05, 4.69) is 32.9 Å². The summed E-state index contributed by atoms with van der Waals surface area (Å²) in [7, 11) is 0. The number of benzene rings is 2. The molecule has 0 aliphatic carbocycles. The molecule has 0 N–H and O–H groups in total. The van der Waals surface area contributed by atoms with Crippen LogP contribution in [0.2, 0.25) is 0 Å². The molecule has 0 radical (unpaired) electrons. The van der Waals surface area contributed by atoms with Crippen LogP contribution in [0.1, 0.15) is 67.9 Å². The van der Waals surface area contributed by atoms with Crippen LogP contribution in [-0.4, -0.2) is 5.78 Å². The van der Waals surface area contributed by atoms with Crippen molar-refractivity contribution in [1.29, 1.82) is 0 Å². The molecule has 0 saturated carbocycles. The Balaban J connectivity index is 2.01. The molecule has 0 aliphatic rings. The molecule has 2 aromatic carbocycles. The zero-order valence-electron chi connectivity index (χ0n) is 14.6. The second-order valence-electron chi connectivity index (χ2n) is 7.19. The first-order valence-electron chi connectivity index (χ1n) is 8.70. The van der Waals surface area contributed by atoms with E-state index in [1.54, 1.807) is 0 Å². The number of hydrogen-bond acceptors (Lipinski definition) is 1. The van der Waals surface area contributed by atoms with Crippen LogP contribution in [0.4, 0.5) is 0 Å². The van der Waals surface area contributed by atoms with E-state index in [1.165, 1.54) is 31.2 Å². The van der Waals surface area contributed by atoms with Crippen molar-refractivity contribution in [2.75, 3.05) is 0 Å². The summed E-state index contributed by atoms with van der Waals surface area (Å²) in [6.45, 7) is 6.92. The largest absolute Gasteiger partial charge is 0.289 e. The second-order valence-corrected chi connectivity index (χ2v) is 7.19. The molecule has 0 atom stereocenters. The summed E-state index contributed by atoms with van der Waals surface area (Å²) in [4.78, 5) is 12.4. The Morgan fingerprint density at radius 3 is 2.09 bits per heavy atom. The highest BCUT2D eigenvalue weighted by Gasteiger charge is 2.18. The smallest absolute Gasteiger partial charge is 0.193 e. The van der Waals surface area contributed by atoms with E-state index < -0.39 is 0 Å². The van der Waals surface area contributed by atoms with Crippen molar-refractivity contribution in [3.05, 3.63) is 71.3 Å². The Morgan fingerprint density at radius 1 is 0.870 bits per heavy atom. The number of ketones is 1. The highest BCUT2D eigenvalue weighted by atomic mass is 16.1. The van der Waals surface area contributed by atoms with E-state index in [1.807, 2.05) is 42.5 Å². The lowest BCUT2D eigenvalue weighted by atomic mass is 9.81. The van der Waals surface area contributed by atoms with E-state index in [0.29, 0.717) is 5.41 Å². The molecule has 0 aliphatic heterocycles. The number of unbranched alkanes of at least 4 members (excludes halogenated alkanes) is 2. The fourth-order valence-electron chi connectivity index (χ4n) is 3.02. The Hall–Kier alpha value is -1.89. The molecule has 0 aromatic heterocycles. The zero-order valence-corrected chi connectivity index (χ0v) is 14.6. The maximum absolute atomic E-state index is 12.4. The monoisotopic (exact) mass is 308 g/mol. The van der Waals surface area contributed by atoms with E-state index in [4.69, 9.17) is 0 Å². The van der Waals surface area contributed by atoms with Crippen molar-refractivity contribution in [2.45, 2.75) is 52.9 Å². The van der Waals surface area contributed by atoms with Crippen molar-refractivity contribution < 1.29 is 4.79 Å². The summed E-state index contributed by atoms with van der Waals surface area (Å²) >= 11 is 0. The number of carbonyl (C=O) groups is 1. The Bertz CT molecular complexity index is 608. The third-order valence-electron chi connectivity index (χ3n) is 4.39. The lowest BCUT2D eigenvalue weighted by molar-refractivity contribution is 0.103. The summed E-state index contributed by atoms with van der Waals surface area (Å²) in [5.41, 5.74) is 3.15. The SMILES string of the molecule is CCCCCC(C)(C)Cc1ccc(C(=O)c2ccccc2)cc1. The van der Waals surface area contributed by atoms with Crippen molar-refractivity contribution in [3.8, 4) is 0 Å². The fraction of sp³-hybridized carbons (Fsp3) is 0.409. The van der Waals surface area contributed by atoms with Gasteiger partial charge in [0.15, 0.2) is 5.78 Å². The van der Waals surface area contributed by atoms with Gasteiger partial charge in [-0.25, -0.2) is 0 Å². The quantitative estimate of drug-likeness (QED) is 0.427. The van der Waals surface area contributed by atoms with E-state index in [9.17, 15) is 4.79 Å². The topological polar surface area (TPSA) is 17.1 Å². The average molecular weight is 308 g/mol. The molecular weight excluding hydrogens is 280 g/mol. The molecular formula is C22H28O. The van der Waals surface area contributed by atoms with E-state index in [-0.39, 0.29) is 5.78 Å². The van der Waals surface area contributed by atoms with Crippen LogP contribution < -0.4 is 0 Å². The van der Waals surface area contributed by atoms with Gasteiger partial charge in [0.05, 0.1) is 0 Å². The van der Waals surface area contributed by atoms with Gasteiger partial charge in [-0.15, -0.1) is 0 Å². The lowest BCUT2D eigenvalue weighted by Gasteiger charge is -2.24. The number of carbonyl (C=O) groups excluding carboxylic acids is 1. The minimum Gasteiger partial charge on any atom is -0.289 e. The molecule has 0 saturated heterocycles. The standard InChI is InChI=1S/C22H28O/c1-4-5-9-16-22(2,3)17-18-12-14-20(15-13-18)21(23)19-10-7-6-8-11-19/h6-8,10-15H,4-5,9,16-17H2,1-3H3. The van der Waals surface area contributed by atoms with Gasteiger partial charge in [0.1, 0.15) is 0 Å². The Labute approximate surface area is 140 Å². The minimum absolute atomic E-state index is 0.0966. The highest BCUT2D eigenvalue weighted by Crippen LogP contribution is 2.28. The average Bonchev–Trinajstić information content (AvgIpc) is 2.55. The fourth-order valence-corrected chi connectivity index (χ4v) is 3.02. The molecule has 0 heterocycles. The van der Waals surface area contributed by atoms with Crippen LogP contribution in [0.25, 0.3) is 0 Å². The lowest BCUT2D eigenvalue weighted by Crippen LogP contribution is -2.15. The summed E-state index contributed by atoms with van der Waals surface area (Å²) in [5, 5.41) is 0. The van der Waals surface area contributed by atoms with Gasteiger partial charge in [-0.05, 0) is 23.8 Å². The Morgan fingerprint density at radius 2 is 1.48 bits per heavy atom. The summed E-state index contributed by atoms with van der Waals surface area (Å²) < 4.78 is 0. The van der Waals surface area contributed by atoms with Gasteiger partial charge in [-0.3, -0.25) is 4.79 Å². The third kappa shape index (κ3) is 5.35. The first-order chi connectivity index (χ1) is 11.0. The number of hydrogen-bond donors (Lipinski definition) is 0. The molecule has 2 aromatic rings. The van der Waals surface area contributed by atoms with Crippen LogP contribution in [0.5, 0.6) is 0 Å². The normalized spacial score (nSPS) is 11.4. The minimum atomic E-state index is 0.0966. The van der Waals surface area contributed by atoms with E-state index >= 15 is 0 Å². The molecule has 0 amide bonds. The van der Waals surface area contributed by atoms with Gasteiger partial charge >= 0.3 is 0 Å². The van der Waals surface area contributed by atoms with Gasteiger partial charge in [-0.2, -0.15) is 0 Å². The second kappa shape index (κ2) is 8.10. The van der Waals surface area contributed by atoms with Crippen molar-refractivity contribution in [3.63, 3.8) is 0 Å². The molecule has 0 spiro atoms. The third-order valence-corrected chi connectivity index (χ3v) is 4.39. The highest BCUT2D eigenvalue weighted by molar-refractivity contribution is 6.08. The molecule has 2 rings (SSSR count).